The van der Waals surface area contributed by atoms with Crippen LogP contribution in [-0.2, 0) is 4.79 Å². The molecular weight excluding hydrogens is 412 g/mol. The first-order valence-corrected chi connectivity index (χ1v) is 11.3. The predicted molar refractivity (Wildman–Crippen MR) is 133 cm³/mol. The second-order valence-electron chi connectivity index (χ2n) is 8.42. The lowest BCUT2D eigenvalue weighted by atomic mass is 10.1. The van der Waals surface area contributed by atoms with Crippen molar-refractivity contribution in [3.63, 3.8) is 0 Å². The van der Waals surface area contributed by atoms with E-state index in [1.165, 1.54) is 0 Å². The highest BCUT2D eigenvalue weighted by Gasteiger charge is 2.25. The fourth-order valence-corrected chi connectivity index (χ4v) is 4.13. The number of carbonyl (C=O) groups excluding carboxylic acids is 2. The molecule has 0 aliphatic carbocycles. The average molecular weight is 443 g/mol. The molecule has 0 aromatic heterocycles. The monoisotopic (exact) mass is 442 g/mol. The SMILES string of the molecule is Cc1cccc(C)c1NC(=O)CN1CCN(C(=O)c2ccccc2Nc2ccccc2)CC1. The van der Waals surface area contributed by atoms with E-state index in [1.807, 2.05) is 91.5 Å². The fraction of sp³-hybridized carbons (Fsp3) is 0.259. The lowest BCUT2D eigenvalue weighted by Gasteiger charge is -2.34. The second-order valence-corrected chi connectivity index (χ2v) is 8.42. The molecule has 0 bridgehead atoms. The number of nitrogens with one attached hydrogen (secondary N) is 2. The topological polar surface area (TPSA) is 64.7 Å². The minimum Gasteiger partial charge on any atom is -0.355 e. The van der Waals surface area contributed by atoms with Crippen LogP contribution in [0.25, 0.3) is 0 Å². The van der Waals surface area contributed by atoms with Gasteiger partial charge in [0.15, 0.2) is 0 Å². The number of benzene rings is 3. The summed E-state index contributed by atoms with van der Waals surface area (Å²) >= 11 is 0. The molecule has 1 aliphatic rings. The highest BCUT2D eigenvalue weighted by Crippen LogP contribution is 2.23. The van der Waals surface area contributed by atoms with Gasteiger partial charge in [-0.1, -0.05) is 48.5 Å². The van der Waals surface area contributed by atoms with Crippen molar-refractivity contribution in [1.82, 2.24) is 9.80 Å². The number of carbonyl (C=O) groups is 2. The molecule has 170 valence electrons. The first kappa shape index (κ1) is 22.6. The highest BCUT2D eigenvalue weighted by molar-refractivity contribution is 6.00. The van der Waals surface area contributed by atoms with Crippen molar-refractivity contribution in [1.29, 1.82) is 0 Å². The summed E-state index contributed by atoms with van der Waals surface area (Å²) in [4.78, 5) is 29.8. The van der Waals surface area contributed by atoms with Crippen LogP contribution >= 0.6 is 0 Å². The van der Waals surface area contributed by atoms with Crippen LogP contribution in [0, 0.1) is 13.8 Å². The zero-order valence-corrected chi connectivity index (χ0v) is 19.2. The lowest BCUT2D eigenvalue weighted by Crippen LogP contribution is -2.50. The molecule has 2 N–H and O–H groups in total. The Bertz CT molecular complexity index is 1100. The first-order valence-electron chi connectivity index (χ1n) is 11.3. The summed E-state index contributed by atoms with van der Waals surface area (Å²) in [5, 5.41) is 6.40. The van der Waals surface area contributed by atoms with Crippen LogP contribution in [0.15, 0.2) is 72.8 Å². The van der Waals surface area contributed by atoms with Crippen molar-refractivity contribution >= 4 is 28.9 Å². The van der Waals surface area contributed by atoms with Crippen molar-refractivity contribution < 1.29 is 9.59 Å². The van der Waals surface area contributed by atoms with Crippen molar-refractivity contribution in [3.8, 4) is 0 Å². The smallest absolute Gasteiger partial charge is 0.256 e. The zero-order valence-electron chi connectivity index (χ0n) is 19.2. The molecule has 6 heteroatoms. The Morgan fingerprint density at radius 2 is 1.42 bits per heavy atom. The van der Waals surface area contributed by atoms with Crippen LogP contribution in [0.5, 0.6) is 0 Å². The van der Waals surface area contributed by atoms with Crippen LogP contribution in [-0.4, -0.2) is 54.3 Å². The number of aryl methyl sites for hydroxylation is 2. The Morgan fingerprint density at radius 1 is 0.788 bits per heavy atom. The first-order chi connectivity index (χ1) is 16.0. The molecule has 1 aliphatic heterocycles. The molecule has 0 saturated carbocycles. The van der Waals surface area contributed by atoms with Crippen LogP contribution in [0.3, 0.4) is 0 Å². The van der Waals surface area contributed by atoms with E-state index in [0.717, 1.165) is 28.2 Å². The van der Waals surface area contributed by atoms with Crippen LogP contribution in [0.4, 0.5) is 17.1 Å². The molecule has 3 aromatic rings. The van der Waals surface area contributed by atoms with Crippen molar-refractivity contribution in [2.24, 2.45) is 0 Å². The lowest BCUT2D eigenvalue weighted by molar-refractivity contribution is -0.117. The number of amides is 2. The molecule has 0 radical (unpaired) electrons. The highest BCUT2D eigenvalue weighted by atomic mass is 16.2. The Labute approximate surface area is 195 Å². The fourth-order valence-electron chi connectivity index (χ4n) is 4.13. The number of hydrogen-bond donors (Lipinski definition) is 2. The third-order valence-electron chi connectivity index (χ3n) is 5.98. The van der Waals surface area contributed by atoms with Gasteiger partial charge in [0.25, 0.3) is 5.91 Å². The minimum absolute atomic E-state index is 0.00803. The summed E-state index contributed by atoms with van der Waals surface area (Å²) in [5.74, 6) is -0.0155. The summed E-state index contributed by atoms with van der Waals surface area (Å²) in [5.41, 5.74) is 5.39. The van der Waals surface area contributed by atoms with Gasteiger partial charge in [-0.2, -0.15) is 0 Å². The number of rotatable bonds is 6. The minimum atomic E-state index is -0.0235. The maximum atomic E-state index is 13.2. The van der Waals surface area contributed by atoms with E-state index >= 15 is 0 Å². The van der Waals surface area contributed by atoms with Gasteiger partial charge in [0.2, 0.25) is 5.91 Å². The van der Waals surface area contributed by atoms with Gasteiger partial charge < -0.3 is 15.5 Å². The summed E-state index contributed by atoms with van der Waals surface area (Å²) in [7, 11) is 0. The third-order valence-corrected chi connectivity index (χ3v) is 5.98. The van der Waals surface area contributed by atoms with E-state index in [-0.39, 0.29) is 11.8 Å². The quantitative estimate of drug-likeness (QED) is 0.592. The number of piperazine rings is 1. The molecule has 3 aromatic carbocycles. The van der Waals surface area contributed by atoms with E-state index in [1.54, 1.807) is 0 Å². The van der Waals surface area contributed by atoms with Gasteiger partial charge >= 0.3 is 0 Å². The molecule has 1 saturated heterocycles. The van der Waals surface area contributed by atoms with Crippen LogP contribution in [0.2, 0.25) is 0 Å². The normalized spacial score (nSPS) is 14.1. The maximum Gasteiger partial charge on any atom is 0.256 e. The number of hydrogen-bond acceptors (Lipinski definition) is 4. The maximum absolute atomic E-state index is 13.2. The van der Waals surface area contributed by atoms with Crippen molar-refractivity contribution in [2.75, 3.05) is 43.4 Å². The third kappa shape index (κ3) is 5.59. The Hall–Kier alpha value is -3.64. The summed E-state index contributed by atoms with van der Waals surface area (Å²) in [6.07, 6.45) is 0. The molecule has 0 unspecified atom stereocenters. The largest absolute Gasteiger partial charge is 0.355 e. The standard InChI is InChI=1S/C27H30N4O2/c1-20-9-8-10-21(2)26(20)29-25(32)19-30-15-17-31(18-16-30)27(33)23-13-6-7-14-24(23)28-22-11-4-3-5-12-22/h3-14,28H,15-19H2,1-2H3,(H,29,32). The van der Waals surface area contributed by atoms with Crippen LogP contribution in [0.1, 0.15) is 21.5 Å². The molecule has 2 amide bonds. The molecule has 0 spiro atoms. The average Bonchev–Trinajstić information content (AvgIpc) is 2.83. The van der Waals surface area contributed by atoms with Gasteiger partial charge in [0, 0.05) is 37.6 Å². The van der Waals surface area contributed by atoms with E-state index in [0.29, 0.717) is 38.3 Å². The summed E-state index contributed by atoms with van der Waals surface area (Å²) < 4.78 is 0. The van der Waals surface area contributed by atoms with E-state index < -0.39 is 0 Å². The Morgan fingerprint density at radius 3 is 2.12 bits per heavy atom. The molecule has 0 atom stereocenters. The molecule has 6 nitrogen and oxygen atoms in total. The van der Waals surface area contributed by atoms with Gasteiger partial charge in [-0.25, -0.2) is 0 Å². The zero-order chi connectivity index (χ0) is 23.2. The van der Waals surface area contributed by atoms with Crippen molar-refractivity contribution in [3.05, 3.63) is 89.5 Å². The number of nitrogens with zero attached hydrogens (tertiary/aromatic N) is 2. The van der Waals surface area contributed by atoms with E-state index in [2.05, 4.69) is 15.5 Å². The second kappa shape index (κ2) is 10.3. The van der Waals surface area contributed by atoms with Gasteiger partial charge in [0.05, 0.1) is 17.8 Å². The van der Waals surface area contributed by atoms with E-state index in [9.17, 15) is 9.59 Å². The molecule has 33 heavy (non-hydrogen) atoms. The molecular formula is C27H30N4O2. The van der Waals surface area contributed by atoms with Gasteiger partial charge in [-0.3, -0.25) is 14.5 Å². The Balaban J connectivity index is 1.34. The summed E-state index contributed by atoms with van der Waals surface area (Å²) in [6, 6.07) is 23.4. The predicted octanol–water partition coefficient (Wildman–Crippen LogP) is 4.44. The van der Waals surface area contributed by atoms with Crippen molar-refractivity contribution in [2.45, 2.75) is 13.8 Å². The molecule has 1 fully saturated rings. The number of anilines is 3. The van der Waals surface area contributed by atoms with Gasteiger partial charge in [0.1, 0.15) is 0 Å². The van der Waals surface area contributed by atoms with Gasteiger partial charge in [-0.15, -0.1) is 0 Å². The Kier molecular flexibility index (Phi) is 7.05. The summed E-state index contributed by atoms with van der Waals surface area (Å²) in [6.45, 7) is 6.83. The molecule has 1 heterocycles. The van der Waals surface area contributed by atoms with Crippen LogP contribution < -0.4 is 10.6 Å². The van der Waals surface area contributed by atoms with Gasteiger partial charge in [-0.05, 0) is 49.2 Å². The molecule has 4 rings (SSSR count). The number of para-hydroxylation sites is 3. The van der Waals surface area contributed by atoms with E-state index in [4.69, 9.17) is 0 Å².